The number of carbonyl (C=O) groups excluding carboxylic acids is 2. The number of rotatable bonds is 6. The molecule has 2 rings (SSSR count). The summed E-state index contributed by atoms with van der Waals surface area (Å²) in [5, 5.41) is 5.75. The minimum Gasteiger partial charge on any atom is -0.349 e. The molecule has 2 amide bonds. The van der Waals surface area contributed by atoms with Gasteiger partial charge in [-0.3, -0.25) is 9.59 Å². The Balaban J connectivity index is 2.26. The molecule has 2 N–H and O–H groups in total. The zero-order chi connectivity index (χ0) is 18.4. The molecule has 0 saturated heterocycles. The van der Waals surface area contributed by atoms with Gasteiger partial charge in [-0.1, -0.05) is 38.1 Å². The number of nitrogens with one attached hydrogen (secondary N) is 2. The maximum absolute atomic E-state index is 12.6. The third-order valence-electron chi connectivity index (χ3n) is 3.87. The summed E-state index contributed by atoms with van der Waals surface area (Å²) in [5.41, 5.74) is 3.48. The van der Waals surface area contributed by atoms with Gasteiger partial charge in [-0.05, 0) is 49.9 Å². The third-order valence-corrected chi connectivity index (χ3v) is 3.87. The van der Waals surface area contributed by atoms with E-state index in [0.717, 1.165) is 29.7 Å². The van der Waals surface area contributed by atoms with E-state index in [1.807, 2.05) is 32.0 Å². The number of amides is 2. The zero-order valence-electron chi connectivity index (χ0n) is 15.2. The molecule has 0 aliphatic rings. The van der Waals surface area contributed by atoms with Gasteiger partial charge in [0.1, 0.15) is 11.4 Å². The van der Waals surface area contributed by atoms with E-state index in [0.29, 0.717) is 0 Å². The highest BCUT2D eigenvalue weighted by Gasteiger charge is 2.15. The van der Waals surface area contributed by atoms with Crippen LogP contribution in [-0.4, -0.2) is 22.8 Å². The summed E-state index contributed by atoms with van der Waals surface area (Å²) < 4.78 is 0. The second kappa shape index (κ2) is 8.42. The van der Waals surface area contributed by atoms with E-state index in [4.69, 9.17) is 0 Å². The van der Waals surface area contributed by atoms with Crippen molar-refractivity contribution in [3.63, 3.8) is 0 Å². The molecule has 0 aliphatic heterocycles. The molecule has 0 bridgehead atoms. The Morgan fingerprint density at radius 2 is 1.44 bits per heavy atom. The van der Waals surface area contributed by atoms with Crippen molar-refractivity contribution < 1.29 is 9.59 Å². The van der Waals surface area contributed by atoms with Gasteiger partial charge >= 0.3 is 0 Å². The average Bonchev–Trinajstić information content (AvgIpc) is 2.61. The monoisotopic (exact) mass is 339 g/mol. The first-order valence-corrected chi connectivity index (χ1v) is 8.66. The highest BCUT2D eigenvalue weighted by Crippen LogP contribution is 2.23. The first-order valence-electron chi connectivity index (χ1n) is 8.66. The summed E-state index contributed by atoms with van der Waals surface area (Å²) >= 11 is 0. The van der Waals surface area contributed by atoms with E-state index >= 15 is 0 Å². The molecule has 0 radical (unpaired) electrons. The highest BCUT2D eigenvalue weighted by molar-refractivity contribution is 6.04. The van der Waals surface area contributed by atoms with Gasteiger partial charge in [0.25, 0.3) is 11.8 Å². The van der Waals surface area contributed by atoms with Crippen LogP contribution in [0.3, 0.4) is 0 Å². The maximum atomic E-state index is 12.6. The molecular formula is C20H25N3O2. The molecule has 1 heterocycles. The number of hydrogen-bond acceptors (Lipinski definition) is 3. The van der Waals surface area contributed by atoms with Crippen LogP contribution in [0.25, 0.3) is 0 Å². The molecule has 1 aromatic carbocycles. The van der Waals surface area contributed by atoms with Gasteiger partial charge in [-0.25, -0.2) is 4.98 Å². The predicted octanol–water partition coefficient (Wildman–Crippen LogP) is 3.60. The number of nitrogens with zero attached hydrogens (tertiary/aromatic N) is 1. The van der Waals surface area contributed by atoms with Crippen LogP contribution in [-0.2, 0) is 12.8 Å². The van der Waals surface area contributed by atoms with Crippen LogP contribution in [0.5, 0.6) is 0 Å². The standard InChI is InChI=1S/C20H25N3O2/c1-5-14-9-7-10-15(6-2)18(14)23-20(25)17-12-8-11-16(22-17)19(24)21-13(3)4/h7-13H,5-6H2,1-4H3,(H,21,24)(H,23,25). The molecular weight excluding hydrogens is 314 g/mol. The number of aromatic nitrogens is 1. The van der Waals surface area contributed by atoms with Crippen molar-refractivity contribution >= 4 is 17.5 Å². The van der Waals surface area contributed by atoms with E-state index in [2.05, 4.69) is 29.5 Å². The molecule has 0 saturated carbocycles. The van der Waals surface area contributed by atoms with E-state index < -0.39 is 0 Å². The van der Waals surface area contributed by atoms with E-state index in [9.17, 15) is 9.59 Å². The van der Waals surface area contributed by atoms with Crippen molar-refractivity contribution in [2.24, 2.45) is 0 Å². The molecule has 25 heavy (non-hydrogen) atoms. The van der Waals surface area contributed by atoms with E-state index in [1.54, 1.807) is 18.2 Å². The lowest BCUT2D eigenvalue weighted by Gasteiger charge is -2.14. The van der Waals surface area contributed by atoms with Crippen molar-refractivity contribution in [1.82, 2.24) is 10.3 Å². The summed E-state index contributed by atoms with van der Waals surface area (Å²) in [7, 11) is 0. The van der Waals surface area contributed by atoms with Crippen molar-refractivity contribution in [3.05, 3.63) is 58.9 Å². The molecule has 5 heteroatoms. The molecule has 0 atom stereocenters. The van der Waals surface area contributed by atoms with Gasteiger partial charge in [0.05, 0.1) is 0 Å². The number of hydrogen-bond donors (Lipinski definition) is 2. The fourth-order valence-corrected chi connectivity index (χ4v) is 2.60. The van der Waals surface area contributed by atoms with Crippen molar-refractivity contribution in [1.29, 1.82) is 0 Å². The first kappa shape index (κ1) is 18.6. The van der Waals surface area contributed by atoms with Crippen LogP contribution in [0.1, 0.15) is 59.8 Å². The second-order valence-electron chi connectivity index (χ2n) is 6.15. The van der Waals surface area contributed by atoms with Crippen LogP contribution < -0.4 is 10.6 Å². The van der Waals surface area contributed by atoms with Crippen molar-refractivity contribution in [2.75, 3.05) is 5.32 Å². The molecule has 2 aromatic rings. The largest absolute Gasteiger partial charge is 0.349 e. The fraction of sp³-hybridized carbons (Fsp3) is 0.350. The molecule has 1 aromatic heterocycles. The van der Waals surface area contributed by atoms with Gasteiger partial charge in [-0.15, -0.1) is 0 Å². The summed E-state index contributed by atoms with van der Waals surface area (Å²) in [6.07, 6.45) is 1.65. The lowest BCUT2D eigenvalue weighted by atomic mass is 10.0. The maximum Gasteiger partial charge on any atom is 0.274 e. The Bertz CT molecular complexity index is 747. The minimum atomic E-state index is -0.310. The highest BCUT2D eigenvalue weighted by atomic mass is 16.2. The molecule has 0 aliphatic carbocycles. The SMILES string of the molecule is CCc1cccc(CC)c1NC(=O)c1cccc(C(=O)NC(C)C)n1. The van der Waals surface area contributed by atoms with Crippen LogP contribution in [0.4, 0.5) is 5.69 Å². The number of para-hydroxylation sites is 1. The first-order chi connectivity index (χ1) is 12.0. The van der Waals surface area contributed by atoms with Crippen LogP contribution in [0.15, 0.2) is 36.4 Å². The minimum absolute atomic E-state index is 0.00956. The smallest absolute Gasteiger partial charge is 0.274 e. The second-order valence-corrected chi connectivity index (χ2v) is 6.15. The van der Waals surface area contributed by atoms with Crippen LogP contribution in [0.2, 0.25) is 0 Å². The lowest BCUT2D eigenvalue weighted by molar-refractivity contribution is 0.0938. The number of aryl methyl sites for hydroxylation is 2. The number of anilines is 1. The average molecular weight is 339 g/mol. The predicted molar refractivity (Wildman–Crippen MR) is 100.0 cm³/mol. The number of pyridine rings is 1. The Kier molecular flexibility index (Phi) is 6.28. The summed E-state index contributed by atoms with van der Waals surface area (Å²) in [5.74, 6) is -0.595. The topological polar surface area (TPSA) is 71.1 Å². The molecule has 5 nitrogen and oxygen atoms in total. The van der Waals surface area contributed by atoms with Crippen LogP contribution >= 0.6 is 0 Å². The van der Waals surface area contributed by atoms with E-state index in [1.165, 1.54) is 0 Å². The van der Waals surface area contributed by atoms with Crippen LogP contribution in [0, 0.1) is 0 Å². The molecule has 132 valence electrons. The number of benzene rings is 1. The molecule has 0 spiro atoms. The Labute approximate surface area is 148 Å². The quantitative estimate of drug-likeness (QED) is 0.845. The Morgan fingerprint density at radius 1 is 0.920 bits per heavy atom. The summed E-state index contributed by atoms with van der Waals surface area (Å²) in [4.78, 5) is 28.9. The molecule has 0 unspecified atom stereocenters. The van der Waals surface area contributed by atoms with Gasteiger partial charge < -0.3 is 10.6 Å². The van der Waals surface area contributed by atoms with Gasteiger partial charge in [0.15, 0.2) is 0 Å². The summed E-state index contributed by atoms with van der Waals surface area (Å²) in [6, 6.07) is 10.9. The van der Waals surface area contributed by atoms with Gasteiger partial charge in [-0.2, -0.15) is 0 Å². The van der Waals surface area contributed by atoms with Gasteiger partial charge in [0.2, 0.25) is 0 Å². The Hall–Kier alpha value is -2.69. The van der Waals surface area contributed by atoms with E-state index in [-0.39, 0.29) is 29.2 Å². The Morgan fingerprint density at radius 3 is 1.96 bits per heavy atom. The van der Waals surface area contributed by atoms with Crippen molar-refractivity contribution in [3.8, 4) is 0 Å². The lowest BCUT2D eigenvalue weighted by Crippen LogP contribution is -2.31. The summed E-state index contributed by atoms with van der Waals surface area (Å²) in [6.45, 7) is 7.87. The normalized spacial score (nSPS) is 10.6. The van der Waals surface area contributed by atoms with Crippen molar-refractivity contribution in [2.45, 2.75) is 46.6 Å². The molecule has 0 fully saturated rings. The number of carbonyl (C=O) groups is 2. The fourth-order valence-electron chi connectivity index (χ4n) is 2.60. The zero-order valence-corrected chi connectivity index (χ0v) is 15.2. The third kappa shape index (κ3) is 4.66. The van der Waals surface area contributed by atoms with Gasteiger partial charge in [0, 0.05) is 11.7 Å².